The molecule has 5 nitrogen and oxygen atoms in total. The molecule has 0 saturated heterocycles. The van der Waals surface area contributed by atoms with Gasteiger partial charge in [-0.25, -0.2) is 0 Å². The van der Waals surface area contributed by atoms with E-state index in [1.54, 1.807) is 19.2 Å². The normalized spacial score (nSPS) is 10.8. The number of nitrogens with zero attached hydrogens (tertiary/aromatic N) is 1. The van der Waals surface area contributed by atoms with Gasteiger partial charge in [0.2, 0.25) is 5.91 Å². The van der Waals surface area contributed by atoms with Crippen LogP contribution < -0.4 is 4.74 Å². The molecule has 1 N–H and O–H groups in total. The predicted octanol–water partition coefficient (Wildman–Crippen LogP) is 4.30. The van der Waals surface area contributed by atoms with Gasteiger partial charge in [-0.05, 0) is 42.7 Å². The molecule has 0 aliphatic rings. The molecule has 0 atom stereocenters. The van der Waals surface area contributed by atoms with Gasteiger partial charge in [-0.15, -0.1) is 0 Å². The lowest BCUT2D eigenvalue weighted by Crippen LogP contribution is -2.33. The number of rotatable bonds is 8. The fourth-order valence-corrected chi connectivity index (χ4v) is 3.28. The van der Waals surface area contributed by atoms with Crippen molar-refractivity contribution in [3.05, 3.63) is 53.1 Å². The second-order valence-corrected chi connectivity index (χ2v) is 7.27. The third-order valence-electron chi connectivity index (χ3n) is 4.72. The van der Waals surface area contributed by atoms with Crippen LogP contribution in [0.4, 0.5) is 0 Å². The lowest BCUT2D eigenvalue weighted by molar-refractivity contribution is -0.136. The molecule has 2 rings (SSSR count). The maximum absolute atomic E-state index is 12.5. The van der Waals surface area contributed by atoms with Gasteiger partial charge < -0.3 is 14.7 Å². The molecule has 150 valence electrons. The number of carboxylic acids is 1. The number of carbonyl (C=O) groups is 2. The molecular formula is C23H29NO4. The van der Waals surface area contributed by atoms with Crippen LogP contribution >= 0.6 is 0 Å². The molecule has 0 fully saturated rings. The zero-order chi connectivity index (χ0) is 20.8. The van der Waals surface area contributed by atoms with Crippen LogP contribution in [-0.4, -0.2) is 35.5 Å². The number of amides is 1. The highest BCUT2D eigenvalue weighted by atomic mass is 16.5. The van der Waals surface area contributed by atoms with Crippen LogP contribution in [-0.2, 0) is 22.6 Å². The van der Waals surface area contributed by atoms with E-state index in [0.717, 1.165) is 22.3 Å². The summed E-state index contributed by atoms with van der Waals surface area (Å²) < 4.78 is 5.53. The van der Waals surface area contributed by atoms with Crippen molar-refractivity contribution < 1.29 is 19.4 Å². The number of ether oxygens (including phenoxy) is 1. The Labute approximate surface area is 166 Å². The Morgan fingerprint density at radius 2 is 1.82 bits per heavy atom. The second-order valence-electron chi connectivity index (χ2n) is 7.27. The van der Waals surface area contributed by atoms with Crippen LogP contribution in [0.3, 0.4) is 0 Å². The fourth-order valence-electron chi connectivity index (χ4n) is 3.28. The molecular weight excluding hydrogens is 354 g/mol. The van der Waals surface area contributed by atoms with E-state index in [1.807, 2.05) is 50.8 Å². The first-order valence-electron chi connectivity index (χ1n) is 9.54. The number of methoxy groups -OCH3 is 1. The van der Waals surface area contributed by atoms with Crippen molar-refractivity contribution in [2.75, 3.05) is 13.7 Å². The predicted molar refractivity (Wildman–Crippen MR) is 110 cm³/mol. The highest BCUT2D eigenvalue weighted by Crippen LogP contribution is 2.34. The molecule has 2 aromatic carbocycles. The number of aliphatic carboxylic acids is 1. The zero-order valence-corrected chi connectivity index (χ0v) is 17.3. The minimum atomic E-state index is -0.875. The van der Waals surface area contributed by atoms with Crippen molar-refractivity contribution >= 4 is 11.9 Å². The smallest absolute Gasteiger partial charge is 0.307 e. The topological polar surface area (TPSA) is 66.8 Å². The summed E-state index contributed by atoms with van der Waals surface area (Å²) in [6, 6.07) is 11.5. The molecule has 0 aromatic heterocycles. The summed E-state index contributed by atoms with van der Waals surface area (Å²) in [5, 5.41) is 9.13. The van der Waals surface area contributed by atoms with E-state index < -0.39 is 5.97 Å². The molecule has 0 bridgehead atoms. The maximum atomic E-state index is 12.5. The van der Waals surface area contributed by atoms with E-state index in [1.165, 1.54) is 0 Å². The van der Waals surface area contributed by atoms with Crippen LogP contribution in [0.2, 0.25) is 0 Å². The van der Waals surface area contributed by atoms with Crippen LogP contribution in [0, 0.1) is 12.8 Å². The van der Waals surface area contributed by atoms with Gasteiger partial charge in [0, 0.05) is 24.6 Å². The summed E-state index contributed by atoms with van der Waals surface area (Å²) in [5.41, 5.74) is 4.61. The molecule has 1 amide bonds. The quantitative estimate of drug-likeness (QED) is 0.738. The van der Waals surface area contributed by atoms with Crippen molar-refractivity contribution in [3.63, 3.8) is 0 Å². The van der Waals surface area contributed by atoms with Crippen LogP contribution in [0.15, 0.2) is 36.4 Å². The Hall–Kier alpha value is -2.82. The Morgan fingerprint density at radius 3 is 2.39 bits per heavy atom. The van der Waals surface area contributed by atoms with E-state index in [9.17, 15) is 9.59 Å². The molecule has 0 aliphatic carbocycles. The molecule has 2 aromatic rings. The van der Waals surface area contributed by atoms with Gasteiger partial charge in [-0.3, -0.25) is 9.59 Å². The van der Waals surface area contributed by atoms with Gasteiger partial charge in [-0.2, -0.15) is 0 Å². The average Bonchev–Trinajstić information content (AvgIpc) is 2.65. The molecule has 5 heteroatoms. The number of carboxylic acid groups (broad SMARTS) is 1. The van der Waals surface area contributed by atoms with E-state index in [-0.39, 0.29) is 18.2 Å². The Kier molecular flexibility index (Phi) is 7.21. The number of hydrogen-bond donors (Lipinski definition) is 1. The van der Waals surface area contributed by atoms with Crippen LogP contribution in [0.25, 0.3) is 11.1 Å². The highest BCUT2D eigenvalue weighted by Gasteiger charge is 2.19. The maximum Gasteiger partial charge on any atom is 0.307 e. The largest absolute Gasteiger partial charge is 0.496 e. The summed E-state index contributed by atoms with van der Waals surface area (Å²) in [4.78, 5) is 25.5. The summed E-state index contributed by atoms with van der Waals surface area (Å²) in [6.07, 6.45) is -0.0505. The minimum absolute atomic E-state index is 0.0505. The second kappa shape index (κ2) is 9.40. The lowest BCUT2D eigenvalue weighted by Gasteiger charge is -2.25. The number of hydrogen-bond acceptors (Lipinski definition) is 3. The third-order valence-corrected chi connectivity index (χ3v) is 4.72. The van der Waals surface area contributed by atoms with Crippen LogP contribution in [0.1, 0.15) is 37.5 Å². The van der Waals surface area contributed by atoms with Gasteiger partial charge in [0.1, 0.15) is 5.75 Å². The third kappa shape index (κ3) is 5.12. The Bertz CT molecular complexity index is 858. The SMILES string of the molecule is CCN(Cc1cc(C)ccc1-c1cc(CC(=O)O)ccc1OC)C(=O)C(C)C. The van der Waals surface area contributed by atoms with Gasteiger partial charge in [-0.1, -0.05) is 43.7 Å². The lowest BCUT2D eigenvalue weighted by atomic mass is 9.94. The number of aryl methyl sites for hydroxylation is 1. The van der Waals surface area contributed by atoms with Crippen molar-refractivity contribution in [3.8, 4) is 16.9 Å². The highest BCUT2D eigenvalue weighted by molar-refractivity contribution is 5.80. The van der Waals surface area contributed by atoms with Crippen molar-refractivity contribution in [2.24, 2.45) is 5.92 Å². The standard InChI is InChI=1S/C23H29NO4/c1-6-24(23(27)15(2)3)14-18-11-16(4)7-9-19(18)20-12-17(13-22(25)26)8-10-21(20)28-5/h7-12,15H,6,13-14H2,1-5H3,(H,25,26). The first-order valence-corrected chi connectivity index (χ1v) is 9.54. The van der Waals surface area contributed by atoms with Gasteiger partial charge in [0.15, 0.2) is 0 Å². The monoisotopic (exact) mass is 383 g/mol. The summed E-state index contributed by atoms with van der Waals surface area (Å²) >= 11 is 0. The van der Waals surface area contributed by atoms with Crippen molar-refractivity contribution in [1.29, 1.82) is 0 Å². The van der Waals surface area contributed by atoms with Gasteiger partial charge in [0.25, 0.3) is 0 Å². The summed E-state index contributed by atoms with van der Waals surface area (Å²) in [6.45, 7) is 8.92. The Morgan fingerprint density at radius 1 is 1.11 bits per heavy atom. The van der Waals surface area contributed by atoms with E-state index >= 15 is 0 Å². The molecule has 0 radical (unpaired) electrons. The van der Waals surface area contributed by atoms with Gasteiger partial charge in [0.05, 0.1) is 13.5 Å². The Balaban J connectivity index is 2.54. The van der Waals surface area contributed by atoms with Crippen molar-refractivity contribution in [2.45, 2.75) is 40.7 Å². The van der Waals surface area contributed by atoms with E-state index in [2.05, 4.69) is 6.07 Å². The zero-order valence-electron chi connectivity index (χ0n) is 17.3. The van der Waals surface area contributed by atoms with E-state index in [4.69, 9.17) is 9.84 Å². The minimum Gasteiger partial charge on any atom is -0.496 e. The molecule has 0 saturated carbocycles. The molecule has 0 unspecified atom stereocenters. The van der Waals surface area contributed by atoms with Crippen LogP contribution in [0.5, 0.6) is 5.75 Å². The first-order chi connectivity index (χ1) is 13.3. The van der Waals surface area contributed by atoms with E-state index in [0.29, 0.717) is 24.4 Å². The summed E-state index contributed by atoms with van der Waals surface area (Å²) in [7, 11) is 1.60. The summed E-state index contributed by atoms with van der Waals surface area (Å²) in [5.74, 6) is -0.152. The first kappa shape index (κ1) is 21.5. The molecule has 0 heterocycles. The van der Waals surface area contributed by atoms with Gasteiger partial charge >= 0.3 is 5.97 Å². The molecule has 28 heavy (non-hydrogen) atoms. The fraction of sp³-hybridized carbons (Fsp3) is 0.391. The number of benzene rings is 2. The number of carbonyl (C=O) groups excluding carboxylic acids is 1. The molecule has 0 spiro atoms. The average molecular weight is 383 g/mol. The van der Waals surface area contributed by atoms with Crippen molar-refractivity contribution in [1.82, 2.24) is 4.90 Å². The molecule has 0 aliphatic heterocycles.